The maximum absolute atomic E-state index is 12.1. The van der Waals surface area contributed by atoms with Crippen LogP contribution in [0.15, 0.2) is 33.3 Å². The van der Waals surface area contributed by atoms with Crippen LogP contribution in [0.4, 0.5) is 0 Å². The molecule has 3 aromatic rings. The molecule has 0 fully saturated rings. The van der Waals surface area contributed by atoms with E-state index in [4.69, 9.17) is 18.5 Å². The Morgan fingerprint density at radius 1 is 1.11 bits per heavy atom. The smallest absolute Gasteiger partial charge is 0.231 e. The molecule has 27 heavy (non-hydrogen) atoms. The predicted octanol–water partition coefficient (Wildman–Crippen LogP) is 2.92. The summed E-state index contributed by atoms with van der Waals surface area (Å²) in [5, 5.41) is 10.8. The third kappa shape index (κ3) is 3.64. The first kappa shape index (κ1) is 17.1. The number of aromatic nitrogens is 2. The van der Waals surface area contributed by atoms with E-state index in [9.17, 15) is 4.79 Å². The fourth-order valence-corrected chi connectivity index (χ4v) is 2.96. The van der Waals surface area contributed by atoms with Gasteiger partial charge in [0.25, 0.3) is 0 Å². The lowest BCUT2D eigenvalue weighted by Gasteiger charge is -2.02. The van der Waals surface area contributed by atoms with Crippen molar-refractivity contribution in [2.75, 3.05) is 6.79 Å². The van der Waals surface area contributed by atoms with Crippen molar-refractivity contribution in [3.63, 3.8) is 0 Å². The Labute approximate surface area is 155 Å². The number of carbonyl (C=O) groups is 1. The van der Waals surface area contributed by atoms with Gasteiger partial charge in [0, 0.05) is 23.6 Å². The maximum Gasteiger partial charge on any atom is 0.231 e. The van der Waals surface area contributed by atoms with Crippen LogP contribution in [0.1, 0.15) is 29.1 Å². The average molecular weight is 369 g/mol. The number of rotatable bonds is 6. The van der Waals surface area contributed by atoms with Crippen LogP contribution in [-0.2, 0) is 17.8 Å². The predicted molar refractivity (Wildman–Crippen MR) is 94.2 cm³/mol. The minimum atomic E-state index is -0.0670. The largest absolute Gasteiger partial charge is 0.454 e. The van der Waals surface area contributed by atoms with Crippen molar-refractivity contribution in [1.82, 2.24) is 15.6 Å². The number of ether oxygens (including phenoxy) is 2. The number of fused-ring (bicyclic) bond motifs is 1. The van der Waals surface area contributed by atoms with Gasteiger partial charge in [0.2, 0.25) is 12.7 Å². The van der Waals surface area contributed by atoms with Crippen LogP contribution in [-0.4, -0.2) is 23.0 Å². The summed E-state index contributed by atoms with van der Waals surface area (Å²) in [6.07, 6.45) is 0.948. The molecule has 3 heterocycles. The quantitative estimate of drug-likeness (QED) is 0.713. The van der Waals surface area contributed by atoms with E-state index in [1.165, 1.54) is 0 Å². The van der Waals surface area contributed by atoms with Crippen molar-refractivity contribution in [2.24, 2.45) is 0 Å². The molecule has 1 amide bonds. The number of aryl methyl sites for hydroxylation is 2. The summed E-state index contributed by atoms with van der Waals surface area (Å²) >= 11 is 0. The second-order valence-electron chi connectivity index (χ2n) is 6.33. The molecule has 4 rings (SSSR count). The Morgan fingerprint density at radius 3 is 2.78 bits per heavy atom. The number of hydrogen-bond acceptors (Lipinski definition) is 7. The second-order valence-corrected chi connectivity index (χ2v) is 6.33. The first-order chi connectivity index (χ1) is 13.1. The van der Waals surface area contributed by atoms with Crippen LogP contribution < -0.4 is 14.8 Å². The molecule has 8 nitrogen and oxygen atoms in total. The second kappa shape index (κ2) is 7.14. The third-order valence-electron chi connectivity index (χ3n) is 4.47. The molecular formula is C19H19N3O5. The normalized spacial score (nSPS) is 12.4. The average Bonchev–Trinajstić information content (AvgIpc) is 3.38. The Balaban J connectivity index is 1.32. The molecule has 2 aromatic heterocycles. The van der Waals surface area contributed by atoms with Gasteiger partial charge >= 0.3 is 0 Å². The fraction of sp³-hybridized carbons (Fsp3) is 0.316. The highest BCUT2D eigenvalue weighted by Crippen LogP contribution is 2.36. The SMILES string of the molecule is Cc1noc(C)c1CCC(=O)NCc1cc(-c2ccc3c(c2)OCO3)on1. The van der Waals surface area contributed by atoms with Gasteiger partial charge in [-0.05, 0) is 38.5 Å². The van der Waals surface area contributed by atoms with E-state index in [2.05, 4.69) is 15.6 Å². The molecule has 1 aromatic carbocycles. The summed E-state index contributed by atoms with van der Waals surface area (Å²) in [7, 11) is 0. The van der Waals surface area contributed by atoms with E-state index in [0.717, 1.165) is 22.6 Å². The van der Waals surface area contributed by atoms with Crippen molar-refractivity contribution in [3.8, 4) is 22.8 Å². The molecule has 0 atom stereocenters. The fourth-order valence-electron chi connectivity index (χ4n) is 2.96. The molecule has 0 saturated heterocycles. The molecule has 0 spiro atoms. The number of hydrogen-bond donors (Lipinski definition) is 1. The van der Waals surface area contributed by atoms with Crippen molar-refractivity contribution in [2.45, 2.75) is 33.2 Å². The minimum absolute atomic E-state index is 0.0670. The van der Waals surface area contributed by atoms with E-state index in [1.807, 2.05) is 32.0 Å². The summed E-state index contributed by atoms with van der Waals surface area (Å²) < 4.78 is 21.1. The Hall–Kier alpha value is -3.29. The number of carbonyl (C=O) groups excluding carboxylic acids is 1. The Bertz CT molecular complexity index is 956. The highest BCUT2D eigenvalue weighted by Gasteiger charge is 2.16. The molecule has 0 saturated carbocycles. The van der Waals surface area contributed by atoms with Crippen LogP contribution in [0.25, 0.3) is 11.3 Å². The third-order valence-corrected chi connectivity index (χ3v) is 4.47. The Kier molecular flexibility index (Phi) is 4.53. The van der Waals surface area contributed by atoms with E-state index in [1.54, 1.807) is 6.07 Å². The molecule has 0 unspecified atom stereocenters. The van der Waals surface area contributed by atoms with Crippen LogP contribution >= 0.6 is 0 Å². The molecule has 1 N–H and O–H groups in total. The highest BCUT2D eigenvalue weighted by molar-refractivity contribution is 5.76. The molecular weight excluding hydrogens is 350 g/mol. The number of nitrogens with zero attached hydrogens (tertiary/aromatic N) is 2. The van der Waals surface area contributed by atoms with Crippen molar-refractivity contribution < 1.29 is 23.3 Å². The van der Waals surface area contributed by atoms with Gasteiger partial charge in [-0.3, -0.25) is 4.79 Å². The highest BCUT2D eigenvalue weighted by atomic mass is 16.7. The van der Waals surface area contributed by atoms with Crippen molar-refractivity contribution in [3.05, 3.63) is 47.0 Å². The summed E-state index contributed by atoms with van der Waals surface area (Å²) in [6.45, 7) is 4.24. The lowest BCUT2D eigenvalue weighted by molar-refractivity contribution is -0.121. The number of benzene rings is 1. The molecule has 0 aliphatic carbocycles. The lowest BCUT2D eigenvalue weighted by Crippen LogP contribution is -2.23. The van der Waals surface area contributed by atoms with Gasteiger partial charge in [0.15, 0.2) is 17.3 Å². The van der Waals surface area contributed by atoms with E-state index in [0.29, 0.717) is 42.3 Å². The first-order valence-electron chi connectivity index (χ1n) is 8.64. The van der Waals surface area contributed by atoms with E-state index >= 15 is 0 Å². The summed E-state index contributed by atoms with van der Waals surface area (Å²) in [5.74, 6) is 2.68. The topological polar surface area (TPSA) is 99.6 Å². The molecule has 1 aliphatic rings. The minimum Gasteiger partial charge on any atom is -0.454 e. The number of nitrogens with one attached hydrogen (secondary N) is 1. The molecule has 140 valence electrons. The van der Waals surface area contributed by atoms with E-state index in [-0.39, 0.29) is 12.7 Å². The van der Waals surface area contributed by atoms with E-state index < -0.39 is 0 Å². The van der Waals surface area contributed by atoms with Crippen molar-refractivity contribution in [1.29, 1.82) is 0 Å². The van der Waals surface area contributed by atoms with Gasteiger partial charge in [-0.15, -0.1) is 0 Å². The van der Waals surface area contributed by atoms with Gasteiger partial charge in [0.1, 0.15) is 11.5 Å². The zero-order chi connectivity index (χ0) is 18.8. The molecule has 1 aliphatic heterocycles. The summed E-state index contributed by atoms with van der Waals surface area (Å²) in [4.78, 5) is 12.1. The van der Waals surface area contributed by atoms with Gasteiger partial charge in [-0.2, -0.15) is 0 Å². The monoisotopic (exact) mass is 369 g/mol. The van der Waals surface area contributed by atoms with Crippen LogP contribution in [0.5, 0.6) is 11.5 Å². The first-order valence-corrected chi connectivity index (χ1v) is 8.64. The lowest BCUT2D eigenvalue weighted by atomic mass is 10.1. The van der Waals surface area contributed by atoms with Gasteiger partial charge in [-0.25, -0.2) is 0 Å². The number of amides is 1. The van der Waals surface area contributed by atoms with Crippen LogP contribution in [0.2, 0.25) is 0 Å². The van der Waals surface area contributed by atoms with Crippen LogP contribution in [0.3, 0.4) is 0 Å². The van der Waals surface area contributed by atoms with Gasteiger partial charge < -0.3 is 23.8 Å². The van der Waals surface area contributed by atoms with Gasteiger partial charge in [0.05, 0.1) is 12.2 Å². The summed E-state index contributed by atoms with van der Waals surface area (Å²) in [5.41, 5.74) is 3.29. The maximum atomic E-state index is 12.1. The zero-order valence-corrected chi connectivity index (χ0v) is 15.1. The van der Waals surface area contributed by atoms with Crippen molar-refractivity contribution >= 4 is 5.91 Å². The standard InChI is InChI=1S/C19H19N3O5/c1-11-15(12(2)26-21-11)4-6-19(23)20-9-14-8-17(27-22-14)13-3-5-16-18(7-13)25-10-24-16/h3,5,7-8H,4,6,9-10H2,1-2H3,(H,20,23). The van der Waals surface area contributed by atoms with Crippen LogP contribution in [0, 0.1) is 13.8 Å². The molecule has 0 bridgehead atoms. The Morgan fingerprint density at radius 2 is 1.96 bits per heavy atom. The van der Waals surface area contributed by atoms with Gasteiger partial charge in [-0.1, -0.05) is 10.3 Å². The zero-order valence-electron chi connectivity index (χ0n) is 15.1. The molecule has 0 radical (unpaired) electrons. The summed E-state index contributed by atoms with van der Waals surface area (Å²) in [6, 6.07) is 7.34. The molecule has 8 heteroatoms.